The first-order chi connectivity index (χ1) is 6.88. The molecule has 0 heterocycles. The van der Waals surface area contributed by atoms with E-state index in [9.17, 15) is 0 Å². The summed E-state index contributed by atoms with van der Waals surface area (Å²) in [6.07, 6.45) is 0. The molecule has 0 spiro atoms. The van der Waals surface area contributed by atoms with Gasteiger partial charge in [0.25, 0.3) is 0 Å². The van der Waals surface area contributed by atoms with E-state index >= 15 is 0 Å². The van der Waals surface area contributed by atoms with E-state index in [-0.39, 0.29) is 5.41 Å². The van der Waals surface area contributed by atoms with Crippen LogP contribution in [0.1, 0.15) is 51.7 Å². The summed E-state index contributed by atoms with van der Waals surface area (Å²) in [4.78, 5) is 0. The molecule has 1 aromatic carbocycles. The monoisotopic (exact) mass is 206 g/mol. The van der Waals surface area contributed by atoms with Gasteiger partial charge in [0, 0.05) is 0 Å². The summed E-state index contributed by atoms with van der Waals surface area (Å²) in [6.45, 7) is 11.0. The second-order valence-electron chi connectivity index (χ2n) is 5.33. The molecule has 0 aliphatic heterocycles. The van der Waals surface area contributed by atoms with Gasteiger partial charge in [-0.15, -0.1) is 0 Å². The van der Waals surface area contributed by atoms with Crippen LogP contribution in [0.4, 0.5) is 0 Å². The molecule has 0 bridgehead atoms. The Balaban J connectivity index is 3.35. The molecule has 0 fully saturated rings. The molecule has 1 heteroatoms. The topological polar surface area (TPSA) is 9.23 Å². The molecule has 1 aromatic rings. The van der Waals surface area contributed by atoms with Crippen LogP contribution in [0.25, 0.3) is 0 Å². The Bertz CT molecular complexity index is 332. The predicted molar refractivity (Wildman–Crippen MR) is 65.8 cm³/mol. The van der Waals surface area contributed by atoms with Gasteiger partial charge in [-0.3, -0.25) is 0 Å². The van der Waals surface area contributed by atoms with Crippen molar-refractivity contribution in [3.05, 3.63) is 29.3 Å². The second kappa shape index (κ2) is 4.26. The van der Waals surface area contributed by atoms with Crippen LogP contribution in [0.2, 0.25) is 0 Å². The third-order valence-corrected chi connectivity index (χ3v) is 2.68. The van der Waals surface area contributed by atoms with Crippen LogP contribution in [-0.4, -0.2) is 7.11 Å². The summed E-state index contributed by atoms with van der Waals surface area (Å²) < 4.78 is 5.56. The zero-order valence-electron chi connectivity index (χ0n) is 10.7. The van der Waals surface area contributed by atoms with Crippen LogP contribution in [-0.2, 0) is 5.41 Å². The van der Waals surface area contributed by atoms with Crippen molar-refractivity contribution >= 4 is 0 Å². The average molecular weight is 206 g/mol. The van der Waals surface area contributed by atoms with Gasteiger partial charge in [-0.2, -0.15) is 0 Å². The van der Waals surface area contributed by atoms with E-state index < -0.39 is 0 Å². The average Bonchev–Trinajstić information content (AvgIpc) is 2.15. The van der Waals surface area contributed by atoms with Crippen molar-refractivity contribution in [1.82, 2.24) is 0 Å². The number of hydrogen-bond donors (Lipinski definition) is 0. The van der Waals surface area contributed by atoms with Crippen LogP contribution >= 0.6 is 0 Å². The Morgan fingerprint density at radius 2 is 1.73 bits per heavy atom. The molecule has 0 radical (unpaired) electrons. The van der Waals surface area contributed by atoms with Crippen molar-refractivity contribution in [1.29, 1.82) is 0 Å². The van der Waals surface area contributed by atoms with Crippen molar-refractivity contribution in [2.45, 2.75) is 46.0 Å². The maximum Gasteiger partial charge on any atom is 0.126 e. The third kappa shape index (κ3) is 2.53. The first-order valence-electron chi connectivity index (χ1n) is 5.55. The highest BCUT2D eigenvalue weighted by atomic mass is 16.5. The Kier molecular flexibility index (Phi) is 3.43. The van der Waals surface area contributed by atoms with Crippen LogP contribution < -0.4 is 4.74 Å². The lowest BCUT2D eigenvalue weighted by Gasteiger charge is -2.24. The van der Waals surface area contributed by atoms with Crippen molar-refractivity contribution in [2.24, 2.45) is 0 Å². The van der Waals surface area contributed by atoms with Gasteiger partial charge in [-0.1, -0.05) is 52.8 Å². The standard InChI is InChI=1S/C14H22O/c1-10(2)11-8-7-9-12(13(11)15-6)14(3,4)5/h7-10H,1-6H3. The van der Waals surface area contributed by atoms with E-state index in [4.69, 9.17) is 4.74 Å². The zero-order chi connectivity index (χ0) is 11.6. The fourth-order valence-electron chi connectivity index (χ4n) is 1.83. The van der Waals surface area contributed by atoms with Gasteiger partial charge >= 0.3 is 0 Å². The molecule has 0 aliphatic rings. The summed E-state index contributed by atoms with van der Waals surface area (Å²) in [5.41, 5.74) is 2.72. The number of methoxy groups -OCH3 is 1. The Hall–Kier alpha value is -0.980. The molecule has 0 saturated heterocycles. The summed E-state index contributed by atoms with van der Waals surface area (Å²) in [7, 11) is 1.76. The molecule has 0 N–H and O–H groups in total. The maximum absolute atomic E-state index is 5.56. The Morgan fingerprint density at radius 1 is 1.13 bits per heavy atom. The van der Waals surface area contributed by atoms with Crippen LogP contribution in [0, 0.1) is 0 Å². The predicted octanol–water partition coefficient (Wildman–Crippen LogP) is 4.12. The summed E-state index contributed by atoms with van der Waals surface area (Å²) in [5.74, 6) is 1.56. The molecule has 0 aliphatic carbocycles. The van der Waals surface area contributed by atoms with Crippen molar-refractivity contribution in [2.75, 3.05) is 7.11 Å². The molecule has 0 atom stereocenters. The number of hydrogen-bond acceptors (Lipinski definition) is 1. The number of rotatable bonds is 2. The molecule has 0 amide bonds. The van der Waals surface area contributed by atoms with Gasteiger partial charge in [0.2, 0.25) is 0 Å². The first-order valence-corrected chi connectivity index (χ1v) is 5.55. The number of para-hydroxylation sites is 1. The minimum atomic E-state index is 0.135. The minimum absolute atomic E-state index is 0.135. The highest BCUT2D eigenvalue weighted by molar-refractivity contribution is 5.46. The van der Waals surface area contributed by atoms with Gasteiger partial charge in [0.1, 0.15) is 5.75 Å². The van der Waals surface area contributed by atoms with E-state index in [1.54, 1.807) is 7.11 Å². The summed E-state index contributed by atoms with van der Waals surface area (Å²) in [5, 5.41) is 0. The highest BCUT2D eigenvalue weighted by Gasteiger charge is 2.21. The van der Waals surface area contributed by atoms with E-state index in [0.29, 0.717) is 5.92 Å². The minimum Gasteiger partial charge on any atom is -0.496 e. The maximum atomic E-state index is 5.56. The van der Waals surface area contributed by atoms with Gasteiger partial charge in [-0.25, -0.2) is 0 Å². The molecule has 1 nitrogen and oxygen atoms in total. The molecule has 15 heavy (non-hydrogen) atoms. The summed E-state index contributed by atoms with van der Waals surface area (Å²) in [6, 6.07) is 6.43. The third-order valence-electron chi connectivity index (χ3n) is 2.68. The smallest absolute Gasteiger partial charge is 0.126 e. The highest BCUT2D eigenvalue weighted by Crippen LogP contribution is 2.36. The Labute approximate surface area is 93.5 Å². The van der Waals surface area contributed by atoms with Crippen molar-refractivity contribution in [3.63, 3.8) is 0 Å². The van der Waals surface area contributed by atoms with Crippen LogP contribution in [0.3, 0.4) is 0 Å². The molecule has 0 saturated carbocycles. The molecule has 0 unspecified atom stereocenters. The summed E-state index contributed by atoms with van der Waals surface area (Å²) >= 11 is 0. The van der Waals surface area contributed by atoms with Crippen molar-refractivity contribution < 1.29 is 4.74 Å². The zero-order valence-corrected chi connectivity index (χ0v) is 10.7. The van der Waals surface area contributed by atoms with Crippen molar-refractivity contribution in [3.8, 4) is 5.75 Å². The lowest BCUT2D eigenvalue weighted by Crippen LogP contribution is -2.14. The van der Waals surface area contributed by atoms with Gasteiger partial charge in [0.15, 0.2) is 0 Å². The normalized spacial score (nSPS) is 11.9. The molecular formula is C14H22O. The lowest BCUT2D eigenvalue weighted by atomic mass is 9.84. The largest absolute Gasteiger partial charge is 0.496 e. The van der Waals surface area contributed by atoms with Crippen LogP contribution in [0.15, 0.2) is 18.2 Å². The molecule has 1 rings (SSSR count). The van der Waals surface area contributed by atoms with Gasteiger partial charge in [0.05, 0.1) is 7.11 Å². The van der Waals surface area contributed by atoms with Crippen LogP contribution in [0.5, 0.6) is 5.75 Å². The first kappa shape index (κ1) is 12.1. The fraction of sp³-hybridized carbons (Fsp3) is 0.571. The SMILES string of the molecule is COc1c(C(C)C)cccc1C(C)(C)C. The van der Waals surface area contributed by atoms with Gasteiger partial charge < -0.3 is 4.74 Å². The van der Waals surface area contributed by atoms with E-state index in [1.165, 1.54) is 11.1 Å². The van der Waals surface area contributed by atoms with E-state index in [1.807, 2.05) is 0 Å². The molecule has 0 aromatic heterocycles. The Morgan fingerprint density at radius 3 is 2.13 bits per heavy atom. The van der Waals surface area contributed by atoms with E-state index in [2.05, 4.69) is 52.8 Å². The lowest BCUT2D eigenvalue weighted by molar-refractivity contribution is 0.390. The molecule has 84 valence electrons. The number of benzene rings is 1. The quantitative estimate of drug-likeness (QED) is 0.707. The van der Waals surface area contributed by atoms with E-state index in [0.717, 1.165) is 5.75 Å². The fourth-order valence-corrected chi connectivity index (χ4v) is 1.83. The molecular weight excluding hydrogens is 184 g/mol. The van der Waals surface area contributed by atoms with Gasteiger partial charge in [-0.05, 0) is 22.5 Å². The number of ether oxygens (including phenoxy) is 1. The second-order valence-corrected chi connectivity index (χ2v) is 5.33.